The van der Waals surface area contributed by atoms with Gasteiger partial charge < -0.3 is 10.0 Å². The summed E-state index contributed by atoms with van der Waals surface area (Å²) in [5.41, 5.74) is 1.51. The van der Waals surface area contributed by atoms with Gasteiger partial charge >= 0.3 is 0 Å². The van der Waals surface area contributed by atoms with Crippen molar-refractivity contribution < 1.29 is 9.90 Å². The van der Waals surface area contributed by atoms with Crippen molar-refractivity contribution in [3.8, 4) is 0 Å². The predicted molar refractivity (Wildman–Crippen MR) is 66.7 cm³/mol. The van der Waals surface area contributed by atoms with Crippen LogP contribution in [0, 0.1) is 6.92 Å². The SMILES string of the molecule is Cc1nn(C)c(Cl)c1/C=C/C(=O)N(C)CCO. The molecular formula is C11H16ClN3O2. The molecule has 1 heterocycles. The van der Waals surface area contributed by atoms with Crippen LogP contribution in [0.3, 0.4) is 0 Å². The van der Waals surface area contributed by atoms with Crippen molar-refractivity contribution in [3.63, 3.8) is 0 Å². The summed E-state index contributed by atoms with van der Waals surface area (Å²) in [6, 6.07) is 0. The second kappa shape index (κ2) is 5.84. The number of aliphatic hydroxyl groups is 1. The molecule has 1 N–H and O–H groups in total. The third-order valence-corrected chi connectivity index (χ3v) is 2.85. The maximum Gasteiger partial charge on any atom is 0.246 e. The molecule has 17 heavy (non-hydrogen) atoms. The van der Waals surface area contributed by atoms with E-state index in [1.54, 1.807) is 24.9 Å². The molecule has 1 amide bonds. The number of aromatic nitrogens is 2. The summed E-state index contributed by atoms with van der Waals surface area (Å²) < 4.78 is 1.55. The fourth-order valence-electron chi connectivity index (χ4n) is 1.38. The molecule has 0 aromatic carbocycles. The number of halogens is 1. The van der Waals surface area contributed by atoms with E-state index in [0.717, 1.165) is 11.3 Å². The molecule has 1 aromatic heterocycles. The van der Waals surface area contributed by atoms with E-state index in [1.165, 1.54) is 11.0 Å². The van der Waals surface area contributed by atoms with Crippen LogP contribution >= 0.6 is 11.6 Å². The lowest BCUT2D eigenvalue weighted by Gasteiger charge is -2.12. The summed E-state index contributed by atoms with van der Waals surface area (Å²) in [6.07, 6.45) is 3.06. The van der Waals surface area contributed by atoms with E-state index in [9.17, 15) is 4.79 Å². The van der Waals surface area contributed by atoms with Crippen LogP contribution in [0.25, 0.3) is 6.08 Å². The van der Waals surface area contributed by atoms with E-state index in [2.05, 4.69) is 5.10 Å². The van der Waals surface area contributed by atoms with E-state index in [1.807, 2.05) is 6.92 Å². The number of nitrogens with zero attached hydrogens (tertiary/aromatic N) is 3. The average Bonchev–Trinajstić information content (AvgIpc) is 2.51. The second-order valence-electron chi connectivity index (χ2n) is 3.73. The van der Waals surface area contributed by atoms with Gasteiger partial charge in [0.15, 0.2) is 0 Å². The third kappa shape index (κ3) is 3.31. The molecule has 0 radical (unpaired) electrons. The molecule has 0 spiro atoms. The Labute approximate surface area is 105 Å². The van der Waals surface area contributed by atoms with Crippen LogP contribution in [0.1, 0.15) is 11.3 Å². The normalized spacial score (nSPS) is 11.1. The second-order valence-corrected chi connectivity index (χ2v) is 4.09. The van der Waals surface area contributed by atoms with Crippen molar-refractivity contribution in [1.29, 1.82) is 0 Å². The Morgan fingerprint density at radius 3 is 2.76 bits per heavy atom. The van der Waals surface area contributed by atoms with Crippen molar-refractivity contribution >= 4 is 23.6 Å². The van der Waals surface area contributed by atoms with E-state index >= 15 is 0 Å². The van der Waals surface area contributed by atoms with E-state index < -0.39 is 0 Å². The Balaban J connectivity index is 2.80. The summed E-state index contributed by atoms with van der Waals surface area (Å²) in [6.45, 7) is 2.08. The first kappa shape index (κ1) is 13.7. The molecule has 6 heteroatoms. The molecule has 94 valence electrons. The summed E-state index contributed by atoms with van der Waals surface area (Å²) in [4.78, 5) is 13.0. The van der Waals surface area contributed by atoms with Gasteiger partial charge in [0.25, 0.3) is 0 Å². The van der Waals surface area contributed by atoms with E-state index in [-0.39, 0.29) is 12.5 Å². The van der Waals surface area contributed by atoms with Crippen molar-refractivity contribution in [2.75, 3.05) is 20.2 Å². The van der Waals surface area contributed by atoms with Gasteiger partial charge in [0.05, 0.1) is 12.3 Å². The van der Waals surface area contributed by atoms with Crippen LogP contribution < -0.4 is 0 Å². The van der Waals surface area contributed by atoms with Gasteiger partial charge in [-0.1, -0.05) is 11.6 Å². The highest BCUT2D eigenvalue weighted by Crippen LogP contribution is 2.19. The van der Waals surface area contributed by atoms with E-state index in [0.29, 0.717) is 11.7 Å². The van der Waals surface area contributed by atoms with Gasteiger partial charge in [-0.15, -0.1) is 0 Å². The number of rotatable bonds is 4. The van der Waals surface area contributed by atoms with Crippen molar-refractivity contribution in [3.05, 3.63) is 22.5 Å². The number of carbonyl (C=O) groups excluding carboxylic acids is 1. The number of aliphatic hydroxyl groups excluding tert-OH is 1. The molecule has 5 nitrogen and oxygen atoms in total. The van der Waals surface area contributed by atoms with Gasteiger partial charge in [-0.2, -0.15) is 5.10 Å². The minimum atomic E-state index is -0.182. The Morgan fingerprint density at radius 1 is 1.65 bits per heavy atom. The molecule has 0 bridgehead atoms. The Hall–Kier alpha value is -1.33. The summed E-state index contributed by atoms with van der Waals surface area (Å²) >= 11 is 6.02. The first-order valence-corrected chi connectivity index (χ1v) is 5.58. The van der Waals surface area contributed by atoms with Crippen molar-refractivity contribution in [1.82, 2.24) is 14.7 Å². The lowest BCUT2D eigenvalue weighted by molar-refractivity contribution is -0.125. The molecule has 0 saturated heterocycles. The van der Waals surface area contributed by atoms with Crippen LogP contribution in [-0.4, -0.2) is 45.9 Å². The minimum absolute atomic E-state index is 0.0528. The van der Waals surface area contributed by atoms with Gasteiger partial charge in [-0.25, -0.2) is 0 Å². The topological polar surface area (TPSA) is 58.4 Å². The van der Waals surface area contributed by atoms with E-state index in [4.69, 9.17) is 16.7 Å². The van der Waals surface area contributed by atoms with Crippen molar-refractivity contribution in [2.45, 2.75) is 6.92 Å². The van der Waals surface area contributed by atoms with Crippen LogP contribution in [0.15, 0.2) is 6.08 Å². The summed E-state index contributed by atoms with van der Waals surface area (Å²) in [7, 11) is 3.37. The summed E-state index contributed by atoms with van der Waals surface area (Å²) in [5.74, 6) is -0.182. The molecule has 0 aliphatic carbocycles. The van der Waals surface area contributed by atoms with Gasteiger partial charge in [-0.05, 0) is 13.0 Å². The first-order chi connectivity index (χ1) is 7.97. The molecular weight excluding hydrogens is 242 g/mol. The fraction of sp³-hybridized carbons (Fsp3) is 0.455. The zero-order chi connectivity index (χ0) is 13.0. The van der Waals surface area contributed by atoms with Gasteiger partial charge in [-0.3, -0.25) is 9.48 Å². The highest BCUT2D eigenvalue weighted by Gasteiger charge is 2.09. The maximum atomic E-state index is 11.6. The molecule has 0 fully saturated rings. The highest BCUT2D eigenvalue weighted by molar-refractivity contribution is 6.31. The molecule has 0 aliphatic rings. The monoisotopic (exact) mass is 257 g/mol. The molecule has 0 unspecified atom stereocenters. The standard InChI is InChI=1S/C11H16ClN3O2/c1-8-9(11(12)15(3)13-8)4-5-10(17)14(2)6-7-16/h4-5,16H,6-7H2,1-3H3/b5-4+. The molecule has 1 rings (SSSR count). The number of aryl methyl sites for hydroxylation is 2. The smallest absolute Gasteiger partial charge is 0.246 e. The van der Waals surface area contributed by atoms with Crippen LogP contribution in [0.4, 0.5) is 0 Å². The minimum Gasteiger partial charge on any atom is -0.395 e. The molecule has 0 saturated carbocycles. The zero-order valence-electron chi connectivity index (χ0n) is 10.1. The number of amides is 1. The largest absolute Gasteiger partial charge is 0.395 e. The van der Waals surface area contributed by atoms with Crippen LogP contribution in [-0.2, 0) is 11.8 Å². The first-order valence-electron chi connectivity index (χ1n) is 5.20. The Kier molecular flexibility index (Phi) is 4.72. The quantitative estimate of drug-likeness (QED) is 0.814. The molecule has 0 aliphatic heterocycles. The predicted octanol–water partition coefficient (Wildman–Crippen LogP) is 0.846. The molecule has 1 aromatic rings. The van der Waals surface area contributed by atoms with Crippen LogP contribution in [0.2, 0.25) is 5.15 Å². The molecule has 0 atom stereocenters. The number of likely N-dealkylation sites (N-methyl/N-ethyl adjacent to an activating group) is 1. The Morgan fingerprint density at radius 2 is 2.29 bits per heavy atom. The Bertz CT molecular complexity index is 440. The van der Waals surface area contributed by atoms with Crippen LogP contribution in [0.5, 0.6) is 0 Å². The highest BCUT2D eigenvalue weighted by atomic mass is 35.5. The van der Waals surface area contributed by atoms with Gasteiger partial charge in [0.2, 0.25) is 5.91 Å². The lowest BCUT2D eigenvalue weighted by Crippen LogP contribution is -2.27. The third-order valence-electron chi connectivity index (χ3n) is 2.40. The lowest BCUT2D eigenvalue weighted by atomic mass is 10.2. The summed E-state index contributed by atoms with van der Waals surface area (Å²) in [5, 5.41) is 13.3. The number of hydrogen-bond acceptors (Lipinski definition) is 3. The maximum absolute atomic E-state index is 11.6. The fourth-order valence-corrected chi connectivity index (χ4v) is 1.62. The average molecular weight is 258 g/mol. The zero-order valence-corrected chi connectivity index (χ0v) is 10.9. The van der Waals surface area contributed by atoms with Crippen molar-refractivity contribution in [2.24, 2.45) is 7.05 Å². The van der Waals surface area contributed by atoms with Gasteiger partial charge in [0.1, 0.15) is 5.15 Å². The number of hydrogen-bond donors (Lipinski definition) is 1. The van der Waals surface area contributed by atoms with Gasteiger partial charge in [0, 0.05) is 32.3 Å². The number of carbonyl (C=O) groups is 1.